The van der Waals surface area contributed by atoms with Gasteiger partial charge in [-0.2, -0.15) is 0 Å². The van der Waals surface area contributed by atoms with Crippen LogP contribution in [-0.4, -0.2) is 144 Å². The van der Waals surface area contributed by atoms with E-state index in [1.54, 1.807) is 0 Å². The molecule has 0 aliphatic rings. The first kappa shape index (κ1) is 29.2. The topological polar surface area (TPSA) is 197 Å². The first-order valence-corrected chi connectivity index (χ1v) is 9.92. The number of nitrogens with zero attached hydrogens (tertiary/aromatic N) is 3. The molecule has 0 bridgehead atoms. The molecular formula is C18H32N4O10. The fourth-order valence-electron chi connectivity index (χ4n) is 2.69. The van der Waals surface area contributed by atoms with Gasteiger partial charge in [0.15, 0.2) is 0 Å². The summed E-state index contributed by atoms with van der Waals surface area (Å²) in [7, 11) is 0. The van der Waals surface area contributed by atoms with Crippen LogP contribution in [0.4, 0.5) is 0 Å². The second-order valence-electron chi connectivity index (χ2n) is 6.82. The minimum Gasteiger partial charge on any atom is -0.480 e. The zero-order valence-corrected chi connectivity index (χ0v) is 18.1. The third-order valence-electron chi connectivity index (χ3n) is 4.04. The Morgan fingerprint density at radius 2 is 1.03 bits per heavy atom. The molecule has 0 saturated heterocycles. The number of hydrogen-bond acceptors (Lipinski definition) is 9. The van der Waals surface area contributed by atoms with E-state index in [0.29, 0.717) is 13.2 Å². The number of nitrogens with one attached hydrogen (secondary N) is 1. The van der Waals surface area contributed by atoms with Gasteiger partial charge in [-0.05, 0) is 6.92 Å². The summed E-state index contributed by atoms with van der Waals surface area (Å²) in [5.74, 6) is -5.18. The highest BCUT2D eigenvalue weighted by molar-refractivity contribution is 5.79. The Balaban J connectivity index is 4.89. The normalized spacial score (nSPS) is 11.1. The number of rotatable bonds is 20. The van der Waals surface area contributed by atoms with Crippen molar-refractivity contribution in [3.05, 3.63) is 0 Å². The van der Waals surface area contributed by atoms with Crippen molar-refractivity contribution in [2.24, 2.45) is 0 Å². The molecule has 14 nitrogen and oxygen atoms in total. The lowest BCUT2D eigenvalue weighted by atomic mass is 10.3. The van der Waals surface area contributed by atoms with Gasteiger partial charge in [-0.25, -0.2) is 0 Å². The Hall–Kier alpha value is -2.81. The molecule has 0 radical (unpaired) electrons. The van der Waals surface area contributed by atoms with Crippen LogP contribution in [0.15, 0.2) is 0 Å². The van der Waals surface area contributed by atoms with Gasteiger partial charge in [0.25, 0.3) is 0 Å². The van der Waals surface area contributed by atoms with Gasteiger partial charge < -0.3 is 30.5 Å². The van der Waals surface area contributed by atoms with E-state index < -0.39 is 56.0 Å². The summed E-state index contributed by atoms with van der Waals surface area (Å²) in [4.78, 5) is 60.0. The van der Waals surface area contributed by atoms with E-state index in [0.717, 1.165) is 4.90 Å². The van der Waals surface area contributed by atoms with E-state index in [9.17, 15) is 24.0 Å². The molecule has 0 atom stereocenters. The highest BCUT2D eigenvalue weighted by Crippen LogP contribution is 1.97. The number of carbonyl (C=O) groups is 5. The van der Waals surface area contributed by atoms with Crippen LogP contribution in [0.2, 0.25) is 0 Å². The van der Waals surface area contributed by atoms with Crippen LogP contribution < -0.4 is 5.32 Å². The zero-order valence-electron chi connectivity index (χ0n) is 18.1. The minimum absolute atomic E-state index is 0.0251. The molecule has 32 heavy (non-hydrogen) atoms. The summed E-state index contributed by atoms with van der Waals surface area (Å²) in [6.07, 6.45) is 0. The number of aliphatic carboxylic acids is 4. The summed E-state index contributed by atoms with van der Waals surface area (Å²) >= 11 is 0. The quantitative estimate of drug-likeness (QED) is 0.118. The fourth-order valence-corrected chi connectivity index (χ4v) is 2.69. The molecule has 0 fully saturated rings. The van der Waals surface area contributed by atoms with E-state index in [1.807, 2.05) is 6.92 Å². The van der Waals surface area contributed by atoms with Gasteiger partial charge in [-0.3, -0.25) is 38.7 Å². The maximum atomic E-state index is 12.0. The third kappa shape index (κ3) is 16.9. The molecule has 0 rings (SSSR count). The molecule has 0 unspecified atom stereocenters. The number of carboxylic acid groups (broad SMARTS) is 4. The smallest absolute Gasteiger partial charge is 0.317 e. The third-order valence-corrected chi connectivity index (χ3v) is 4.04. The summed E-state index contributed by atoms with van der Waals surface area (Å²) < 4.78 is 5.10. The average molecular weight is 464 g/mol. The number of ether oxygens (including phenoxy) is 1. The molecule has 0 saturated carbocycles. The van der Waals surface area contributed by atoms with E-state index in [1.165, 1.54) is 9.80 Å². The van der Waals surface area contributed by atoms with Gasteiger partial charge >= 0.3 is 23.9 Å². The second kappa shape index (κ2) is 16.8. The van der Waals surface area contributed by atoms with Crippen LogP contribution in [0.3, 0.4) is 0 Å². The number of hydrogen-bond donors (Lipinski definition) is 5. The van der Waals surface area contributed by atoms with Crippen molar-refractivity contribution >= 4 is 29.8 Å². The van der Waals surface area contributed by atoms with Crippen LogP contribution in [-0.2, 0) is 28.7 Å². The average Bonchev–Trinajstić information content (AvgIpc) is 2.65. The van der Waals surface area contributed by atoms with Crippen molar-refractivity contribution in [1.82, 2.24) is 20.0 Å². The highest BCUT2D eigenvalue weighted by Gasteiger charge is 2.19. The molecule has 0 aliphatic carbocycles. The summed E-state index contributed by atoms with van der Waals surface area (Å²) in [5.41, 5.74) is 0. The van der Waals surface area contributed by atoms with Crippen molar-refractivity contribution in [2.75, 3.05) is 78.7 Å². The predicted molar refractivity (Wildman–Crippen MR) is 109 cm³/mol. The largest absolute Gasteiger partial charge is 0.480 e. The van der Waals surface area contributed by atoms with Crippen molar-refractivity contribution in [3.8, 4) is 0 Å². The fraction of sp³-hybridized carbons (Fsp3) is 0.722. The number of amides is 1. The van der Waals surface area contributed by atoms with E-state index >= 15 is 0 Å². The Morgan fingerprint density at radius 1 is 0.656 bits per heavy atom. The molecule has 0 aromatic rings. The second-order valence-corrected chi connectivity index (χ2v) is 6.82. The maximum Gasteiger partial charge on any atom is 0.317 e. The maximum absolute atomic E-state index is 12.0. The van der Waals surface area contributed by atoms with Gasteiger partial charge in [0.05, 0.1) is 39.3 Å². The van der Waals surface area contributed by atoms with Gasteiger partial charge in [-0.1, -0.05) is 0 Å². The molecule has 0 aromatic heterocycles. The molecule has 184 valence electrons. The van der Waals surface area contributed by atoms with Gasteiger partial charge in [0, 0.05) is 39.3 Å². The van der Waals surface area contributed by atoms with Crippen molar-refractivity contribution in [2.45, 2.75) is 6.92 Å². The molecule has 5 N–H and O–H groups in total. The predicted octanol–water partition coefficient (Wildman–Crippen LogP) is -2.62. The monoisotopic (exact) mass is 464 g/mol. The van der Waals surface area contributed by atoms with E-state index in [2.05, 4.69) is 5.32 Å². The Bertz CT molecular complexity index is 615. The van der Waals surface area contributed by atoms with E-state index in [4.69, 9.17) is 25.2 Å². The SMILES string of the molecule is CCOCCNC(=O)CN(CCN(CCN(CC(=O)O)CC(=O)O)CC(=O)O)CC(=O)O. The van der Waals surface area contributed by atoms with Crippen LogP contribution in [0.5, 0.6) is 0 Å². The van der Waals surface area contributed by atoms with Crippen molar-refractivity contribution < 1.29 is 49.1 Å². The minimum atomic E-state index is -1.22. The number of carboxylic acids is 4. The Morgan fingerprint density at radius 3 is 1.44 bits per heavy atom. The van der Waals surface area contributed by atoms with Crippen LogP contribution in [0.1, 0.15) is 6.92 Å². The highest BCUT2D eigenvalue weighted by atomic mass is 16.5. The van der Waals surface area contributed by atoms with Gasteiger partial charge in [0.1, 0.15) is 0 Å². The summed E-state index contributed by atoms with van der Waals surface area (Å²) in [5, 5.41) is 38.6. The first-order chi connectivity index (χ1) is 15.0. The lowest BCUT2D eigenvalue weighted by Gasteiger charge is -2.27. The van der Waals surface area contributed by atoms with Gasteiger partial charge in [-0.15, -0.1) is 0 Å². The lowest BCUT2D eigenvalue weighted by Crippen LogP contribution is -2.46. The molecular weight excluding hydrogens is 432 g/mol. The van der Waals surface area contributed by atoms with Crippen LogP contribution >= 0.6 is 0 Å². The summed E-state index contributed by atoms with van der Waals surface area (Å²) in [6.45, 7) is 0.883. The Kier molecular flexibility index (Phi) is 15.4. The van der Waals surface area contributed by atoms with Gasteiger partial charge in [0.2, 0.25) is 5.91 Å². The lowest BCUT2D eigenvalue weighted by molar-refractivity contribution is -0.143. The summed E-state index contributed by atoms with van der Waals surface area (Å²) in [6, 6.07) is 0. The van der Waals surface area contributed by atoms with Crippen LogP contribution in [0, 0.1) is 0 Å². The zero-order chi connectivity index (χ0) is 24.5. The first-order valence-electron chi connectivity index (χ1n) is 9.92. The Labute approximate surface area is 185 Å². The van der Waals surface area contributed by atoms with Crippen molar-refractivity contribution in [1.29, 1.82) is 0 Å². The molecule has 0 heterocycles. The molecule has 0 spiro atoms. The van der Waals surface area contributed by atoms with Crippen molar-refractivity contribution in [3.63, 3.8) is 0 Å². The van der Waals surface area contributed by atoms with E-state index in [-0.39, 0.29) is 39.3 Å². The molecule has 1 amide bonds. The van der Waals surface area contributed by atoms with Crippen LogP contribution in [0.25, 0.3) is 0 Å². The number of carbonyl (C=O) groups excluding carboxylic acids is 1. The molecule has 0 aliphatic heterocycles. The molecule has 0 aromatic carbocycles. The molecule has 14 heteroatoms. The standard InChI is InChI=1S/C18H32N4O10/c1-2-32-8-3-19-14(23)9-21(11-16(26)27)6-4-20(10-15(24)25)5-7-22(12-17(28)29)13-18(30)31/h2-13H2,1H3,(H,19,23)(H,24,25)(H,26,27)(H,28,29)(H,30,31).